The van der Waals surface area contributed by atoms with Gasteiger partial charge in [0.1, 0.15) is 0 Å². The lowest BCUT2D eigenvalue weighted by Crippen LogP contribution is -2.37. The van der Waals surface area contributed by atoms with E-state index in [-0.39, 0.29) is 5.91 Å². The average Bonchev–Trinajstić information content (AvgIpc) is 3.25. The van der Waals surface area contributed by atoms with Crippen molar-refractivity contribution in [2.24, 2.45) is 0 Å². The summed E-state index contributed by atoms with van der Waals surface area (Å²) in [5, 5.41) is 3.28. The molecule has 0 aromatic heterocycles. The van der Waals surface area contributed by atoms with Crippen LogP contribution in [0.1, 0.15) is 43.7 Å². The van der Waals surface area contributed by atoms with Crippen molar-refractivity contribution in [2.45, 2.75) is 39.2 Å². The summed E-state index contributed by atoms with van der Waals surface area (Å²) >= 11 is 0. The third-order valence-corrected chi connectivity index (χ3v) is 3.78. The van der Waals surface area contributed by atoms with E-state index >= 15 is 0 Å². The van der Waals surface area contributed by atoms with Gasteiger partial charge in [0.2, 0.25) is 5.91 Å². The summed E-state index contributed by atoms with van der Waals surface area (Å²) in [5.74, 6) is 0.949. The van der Waals surface area contributed by atoms with Gasteiger partial charge in [-0.3, -0.25) is 4.79 Å². The lowest BCUT2D eigenvalue weighted by atomic mass is 10.0. The molecule has 0 saturated heterocycles. The maximum absolute atomic E-state index is 11.9. The molecular formula is C16H24N2O. The standard InChI is InChI=1S/C16H24N2O/c1-3-18(4-2)16(19)12-17-11-14-7-5-6-8-15(14)13-9-10-13/h5-8,13,17H,3-4,9-12H2,1-2H3. The molecule has 1 aromatic rings. The fourth-order valence-corrected chi connectivity index (χ4v) is 2.48. The maximum Gasteiger partial charge on any atom is 0.236 e. The minimum atomic E-state index is 0.189. The highest BCUT2D eigenvalue weighted by Gasteiger charge is 2.25. The van der Waals surface area contributed by atoms with Crippen LogP contribution >= 0.6 is 0 Å². The lowest BCUT2D eigenvalue weighted by molar-refractivity contribution is -0.129. The predicted molar refractivity (Wildman–Crippen MR) is 78.1 cm³/mol. The van der Waals surface area contributed by atoms with Crippen LogP contribution in [0.3, 0.4) is 0 Å². The van der Waals surface area contributed by atoms with Gasteiger partial charge in [-0.05, 0) is 43.7 Å². The number of carbonyl (C=O) groups is 1. The zero-order valence-electron chi connectivity index (χ0n) is 12.0. The molecule has 0 radical (unpaired) electrons. The minimum absolute atomic E-state index is 0.189. The van der Waals surface area contributed by atoms with Crippen LogP contribution in [0.5, 0.6) is 0 Å². The van der Waals surface area contributed by atoms with Gasteiger partial charge < -0.3 is 10.2 Å². The van der Waals surface area contributed by atoms with Gasteiger partial charge in [-0.25, -0.2) is 0 Å². The summed E-state index contributed by atoms with van der Waals surface area (Å²) in [7, 11) is 0. The molecule has 0 bridgehead atoms. The maximum atomic E-state index is 11.9. The number of hydrogen-bond acceptors (Lipinski definition) is 2. The Morgan fingerprint density at radius 1 is 1.26 bits per heavy atom. The van der Waals surface area contributed by atoms with Crippen molar-refractivity contribution in [1.82, 2.24) is 10.2 Å². The number of carbonyl (C=O) groups excluding carboxylic acids is 1. The quantitative estimate of drug-likeness (QED) is 0.817. The SMILES string of the molecule is CCN(CC)C(=O)CNCc1ccccc1C1CC1. The van der Waals surface area contributed by atoms with Crippen molar-refractivity contribution in [3.05, 3.63) is 35.4 Å². The highest BCUT2D eigenvalue weighted by Crippen LogP contribution is 2.41. The van der Waals surface area contributed by atoms with Crippen LogP contribution in [0.4, 0.5) is 0 Å². The molecule has 0 aliphatic heterocycles. The molecule has 3 heteroatoms. The van der Waals surface area contributed by atoms with Crippen molar-refractivity contribution in [3.63, 3.8) is 0 Å². The van der Waals surface area contributed by atoms with Gasteiger partial charge in [-0.1, -0.05) is 24.3 Å². The van der Waals surface area contributed by atoms with E-state index in [1.165, 1.54) is 24.0 Å². The molecule has 19 heavy (non-hydrogen) atoms. The van der Waals surface area contributed by atoms with Crippen LogP contribution in [0.25, 0.3) is 0 Å². The first-order valence-electron chi connectivity index (χ1n) is 7.32. The average molecular weight is 260 g/mol. The molecule has 104 valence electrons. The molecule has 1 aliphatic rings. The first-order chi connectivity index (χ1) is 9.26. The molecular weight excluding hydrogens is 236 g/mol. The van der Waals surface area contributed by atoms with E-state index in [9.17, 15) is 4.79 Å². The Hall–Kier alpha value is -1.35. The summed E-state index contributed by atoms with van der Waals surface area (Å²) in [6.07, 6.45) is 2.63. The van der Waals surface area contributed by atoms with Crippen LogP contribution in [0.15, 0.2) is 24.3 Å². The molecule has 0 heterocycles. The number of amides is 1. The smallest absolute Gasteiger partial charge is 0.236 e. The number of likely N-dealkylation sites (N-methyl/N-ethyl adjacent to an activating group) is 1. The molecule has 1 aromatic carbocycles. The molecule has 0 atom stereocenters. The van der Waals surface area contributed by atoms with E-state index in [0.717, 1.165) is 25.6 Å². The van der Waals surface area contributed by atoms with E-state index in [1.807, 2.05) is 18.7 Å². The van der Waals surface area contributed by atoms with Crippen LogP contribution in [-0.4, -0.2) is 30.4 Å². The Morgan fingerprint density at radius 3 is 2.58 bits per heavy atom. The van der Waals surface area contributed by atoms with Gasteiger partial charge in [-0.15, -0.1) is 0 Å². The first-order valence-corrected chi connectivity index (χ1v) is 7.32. The fraction of sp³-hybridized carbons (Fsp3) is 0.562. The molecule has 1 saturated carbocycles. The number of hydrogen-bond donors (Lipinski definition) is 1. The summed E-state index contributed by atoms with van der Waals surface area (Å²) in [4.78, 5) is 13.8. The van der Waals surface area contributed by atoms with E-state index in [4.69, 9.17) is 0 Å². The van der Waals surface area contributed by atoms with Gasteiger partial charge in [0.15, 0.2) is 0 Å². The fourth-order valence-electron chi connectivity index (χ4n) is 2.48. The van der Waals surface area contributed by atoms with E-state index < -0.39 is 0 Å². The van der Waals surface area contributed by atoms with Crippen molar-refractivity contribution in [2.75, 3.05) is 19.6 Å². The summed E-state index contributed by atoms with van der Waals surface area (Å²) < 4.78 is 0. The van der Waals surface area contributed by atoms with Crippen LogP contribution in [0, 0.1) is 0 Å². The molecule has 1 fully saturated rings. The Balaban J connectivity index is 1.84. The van der Waals surface area contributed by atoms with Crippen LogP contribution in [0.2, 0.25) is 0 Å². The minimum Gasteiger partial charge on any atom is -0.342 e. The Bertz CT molecular complexity index is 423. The monoisotopic (exact) mass is 260 g/mol. The number of nitrogens with zero attached hydrogens (tertiary/aromatic N) is 1. The largest absolute Gasteiger partial charge is 0.342 e. The van der Waals surface area contributed by atoms with Gasteiger partial charge in [0, 0.05) is 19.6 Å². The van der Waals surface area contributed by atoms with Crippen molar-refractivity contribution < 1.29 is 4.79 Å². The van der Waals surface area contributed by atoms with E-state index in [0.29, 0.717) is 6.54 Å². The zero-order chi connectivity index (χ0) is 13.7. The lowest BCUT2D eigenvalue weighted by Gasteiger charge is -2.19. The molecule has 1 N–H and O–H groups in total. The Labute approximate surface area is 116 Å². The first kappa shape index (κ1) is 14.1. The van der Waals surface area contributed by atoms with Gasteiger partial charge in [-0.2, -0.15) is 0 Å². The number of rotatable bonds is 7. The van der Waals surface area contributed by atoms with E-state index in [1.54, 1.807) is 0 Å². The second kappa shape index (κ2) is 6.71. The second-order valence-corrected chi connectivity index (χ2v) is 5.14. The Morgan fingerprint density at radius 2 is 1.95 bits per heavy atom. The normalized spacial score (nSPS) is 14.4. The van der Waals surface area contributed by atoms with Crippen LogP contribution in [-0.2, 0) is 11.3 Å². The Kier molecular flexibility index (Phi) is 4.97. The van der Waals surface area contributed by atoms with Crippen molar-refractivity contribution >= 4 is 5.91 Å². The van der Waals surface area contributed by atoms with Crippen molar-refractivity contribution in [3.8, 4) is 0 Å². The zero-order valence-corrected chi connectivity index (χ0v) is 12.0. The van der Waals surface area contributed by atoms with E-state index in [2.05, 4.69) is 29.6 Å². The predicted octanol–water partition coefficient (Wildman–Crippen LogP) is 2.52. The summed E-state index contributed by atoms with van der Waals surface area (Å²) in [5.41, 5.74) is 2.81. The molecule has 3 nitrogen and oxygen atoms in total. The molecule has 0 unspecified atom stereocenters. The van der Waals surface area contributed by atoms with Gasteiger partial charge in [0.25, 0.3) is 0 Å². The summed E-state index contributed by atoms with van der Waals surface area (Å²) in [6, 6.07) is 8.58. The molecule has 0 spiro atoms. The summed E-state index contributed by atoms with van der Waals surface area (Å²) in [6.45, 7) is 6.83. The molecule has 1 aliphatic carbocycles. The van der Waals surface area contributed by atoms with Crippen LogP contribution < -0.4 is 5.32 Å². The number of nitrogens with one attached hydrogen (secondary N) is 1. The molecule has 1 amide bonds. The number of benzene rings is 1. The third-order valence-electron chi connectivity index (χ3n) is 3.78. The molecule has 2 rings (SSSR count). The van der Waals surface area contributed by atoms with Gasteiger partial charge >= 0.3 is 0 Å². The highest BCUT2D eigenvalue weighted by molar-refractivity contribution is 5.78. The third kappa shape index (κ3) is 3.80. The van der Waals surface area contributed by atoms with Gasteiger partial charge in [0.05, 0.1) is 6.54 Å². The highest BCUT2D eigenvalue weighted by atomic mass is 16.2. The second-order valence-electron chi connectivity index (χ2n) is 5.14. The topological polar surface area (TPSA) is 32.3 Å². The van der Waals surface area contributed by atoms with Crippen molar-refractivity contribution in [1.29, 1.82) is 0 Å².